The largest absolute Gasteiger partial charge is 0.411 e. The van der Waals surface area contributed by atoms with Gasteiger partial charge in [0.2, 0.25) is 5.91 Å². The van der Waals surface area contributed by atoms with Crippen LogP contribution >= 0.6 is 0 Å². The molecule has 1 amide bonds. The number of para-hydroxylation sites is 1. The van der Waals surface area contributed by atoms with E-state index in [2.05, 4.69) is 5.16 Å². The zero-order valence-corrected chi connectivity index (χ0v) is 11.0. The molecule has 5 heteroatoms. The number of amides is 1. The molecule has 102 valence electrons. The lowest BCUT2D eigenvalue weighted by atomic mass is 10.0. The van der Waals surface area contributed by atoms with E-state index < -0.39 is 0 Å². The van der Waals surface area contributed by atoms with E-state index in [1.54, 1.807) is 0 Å². The van der Waals surface area contributed by atoms with Crippen molar-refractivity contribution < 1.29 is 10.0 Å². The maximum absolute atomic E-state index is 11.6. The minimum Gasteiger partial charge on any atom is -0.411 e. The van der Waals surface area contributed by atoms with Crippen LogP contribution in [0.1, 0.15) is 31.7 Å². The summed E-state index contributed by atoms with van der Waals surface area (Å²) >= 11 is 0. The minimum atomic E-state index is -0.320. The van der Waals surface area contributed by atoms with Crippen LogP contribution in [0.2, 0.25) is 0 Å². The monoisotopic (exact) mass is 261 g/mol. The predicted octanol–water partition coefficient (Wildman–Crippen LogP) is 1.73. The lowest BCUT2D eigenvalue weighted by Gasteiger charge is -2.31. The van der Waals surface area contributed by atoms with Crippen LogP contribution in [0, 0.1) is 0 Å². The lowest BCUT2D eigenvalue weighted by Crippen LogP contribution is -2.45. The first-order valence-corrected chi connectivity index (χ1v) is 6.55. The van der Waals surface area contributed by atoms with Crippen molar-refractivity contribution in [2.45, 2.75) is 32.2 Å². The highest BCUT2D eigenvalue weighted by atomic mass is 16.4. The Hall–Kier alpha value is -2.04. The molecule has 0 aliphatic carbocycles. The van der Waals surface area contributed by atoms with Crippen LogP contribution in [0.15, 0.2) is 29.4 Å². The molecule has 0 radical (unpaired) electrons. The van der Waals surface area contributed by atoms with Crippen LogP contribution in [-0.4, -0.2) is 29.4 Å². The molecule has 1 unspecified atom stereocenters. The average Bonchev–Trinajstić information content (AvgIpc) is 2.59. The molecule has 19 heavy (non-hydrogen) atoms. The van der Waals surface area contributed by atoms with E-state index in [1.807, 2.05) is 36.1 Å². The number of anilines is 1. The molecule has 0 aromatic heterocycles. The summed E-state index contributed by atoms with van der Waals surface area (Å²) in [7, 11) is 0. The van der Waals surface area contributed by atoms with E-state index in [9.17, 15) is 4.79 Å². The molecule has 1 aliphatic heterocycles. The maximum Gasteiger partial charge on any atom is 0.240 e. The van der Waals surface area contributed by atoms with E-state index in [1.165, 1.54) is 0 Å². The van der Waals surface area contributed by atoms with Crippen molar-refractivity contribution in [3.63, 3.8) is 0 Å². The van der Waals surface area contributed by atoms with Gasteiger partial charge < -0.3 is 15.8 Å². The molecule has 1 aromatic rings. The van der Waals surface area contributed by atoms with Gasteiger partial charge in [0.15, 0.2) is 0 Å². The number of carbonyl (C=O) groups excluding carboxylic acids is 1. The van der Waals surface area contributed by atoms with Gasteiger partial charge in [-0.25, -0.2) is 0 Å². The first-order valence-electron chi connectivity index (χ1n) is 6.55. The van der Waals surface area contributed by atoms with E-state index in [0.29, 0.717) is 18.6 Å². The highest BCUT2D eigenvalue weighted by Crippen LogP contribution is 2.28. The van der Waals surface area contributed by atoms with Crippen LogP contribution in [0.3, 0.4) is 0 Å². The number of hydrogen-bond donors (Lipinski definition) is 2. The molecular formula is C14H19N3O2. The summed E-state index contributed by atoms with van der Waals surface area (Å²) < 4.78 is 0. The molecule has 0 fully saturated rings. The van der Waals surface area contributed by atoms with Gasteiger partial charge in [-0.3, -0.25) is 4.79 Å². The Morgan fingerprint density at radius 1 is 1.53 bits per heavy atom. The second-order valence-corrected chi connectivity index (χ2v) is 4.69. The summed E-state index contributed by atoms with van der Waals surface area (Å²) in [5.74, 6) is -0.318. The highest BCUT2D eigenvalue weighted by molar-refractivity contribution is 6.06. The third-order valence-electron chi connectivity index (χ3n) is 3.55. The van der Waals surface area contributed by atoms with Gasteiger partial charge in [-0.1, -0.05) is 30.3 Å². The lowest BCUT2D eigenvalue weighted by molar-refractivity contribution is -0.119. The van der Waals surface area contributed by atoms with Crippen LogP contribution in [0.4, 0.5) is 5.69 Å². The SMILES string of the molecule is CCC(C(N)=O)N1CCC/C(=N/O)c2ccccc21. The van der Waals surface area contributed by atoms with Crippen molar-refractivity contribution in [1.82, 2.24) is 0 Å². The Morgan fingerprint density at radius 2 is 2.26 bits per heavy atom. The number of nitrogens with two attached hydrogens (primary N) is 1. The van der Waals surface area contributed by atoms with E-state index >= 15 is 0 Å². The summed E-state index contributed by atoms with van der Waals surface area (Å²) in [5.41, 5.74) is 7.95. The van der Waals surface area contributed by atoms with Crippen molar-refractivity contribution in [1.29, 1.82) is 0 Å². The van der Waals surface area contributed by atoms with Gasteiger partial charge in [0, 0.05) is 17.8 Å². The number of carbonyl (C=O) groups is 1. The van der Waals surface area contributed by atoms with Crippen molar-refractivity contribution in [2.75, 3.05) is 11.4 Å². The fourth-order valence-corrected chi connectivity index (χ4v) is 2.64. The standard InChI is InChI=1S/C14H19N3O2/c1-2-12(14(15)18)17-9-5-7-11(16-19)10-6-3-4-8-13(10)17/h3-4,6,8,12,19H,2,5,7,9H2,1H3,(H2,15,18)/b16-11-. The fraction of sp³-hybridized carbons (Fsp3) is 0.429. The normalized spacial score (nSPS) is 18.8. The first-order chi connectivity index (χ1) is 9.19. The molecule has 1 heterocycles. The number of benzene rings is 1. The van der Waals surface area contributed by atoms with Gasteiger partial charge in [-0.15, -0.1) is 0 Å². The second-order valence-electron chi connectivity index (χ2n) is 4.69. The van der Waals surface area contributed by atoms with E-state index in [4.69, 9.17) is 10.9 Å². The first kappa shape index (κ1) is 13.4. The summed E-state index contributed by atoms with van der Waals surface area (Å²) in [6.45, 7) is 2.68. The predicted molar refractivity (Wildman–Crippen MR) is 74.6 cm³/mol. The van der Waals surface area contributed by atoms with Gasteiger partial charge in [-0.05, 0) is 25.3 Å². The Morgan fingerprint density at radius 3 is 2.89 bits per heavy atom. The maximum atomic E-state index is 11.6. The second kappa shape index (κ2) is 5.73. The molecule has 3 N–H and O–H groups in total. The minimum absolute atomic E-state index is 0.318. The zero-order chi connectivity index (χ0) is 13.8. The molecule has 2 rings (SSSR count). The van der Waals surface area contributed by atoms with E-state index in [-0.39, 0.29) is 11.9 Å². The number of rotatable bonds is 3. The Kier molecular flexibility index (Phi) is 4.04. The summed E-state index contributed by atoms with van der Waals surface area (Å²) in [5, 5.41) is 12.5. The molecule has 1 aromatic carbocycles. The number of hydrogen-bond acceptors (Lipinski definition) is 4. The van der Waals surface area contributed by atoms with Crippen LogP contribution in [0.25, 0.3) is 0 Å². The number of primary amides is 1. The van der Waals surface area contributed by atoms with Crippen LogP contribution in [0.5, 0.6) is 0 Å². The highest BCUT2D eigenvalue weighted by Gasteiger charge is 2.27. The summed E-state index contributed by atoms with van der Waals surface area (Å²) in [6, 6.07) is 7.35. The molecule has 5 nitrogen and oxygen atoms in total. The Labute approximate surface area is 112 Å². The number of fused-ring (bicyclic) bond motifs is 1. The van der Waals surface area contributed by atoms with Gasteiger partial charge in [0.05, 0.1) is 5.71 Å². The molecule has 1 atom stereocenters. The van der Waals surface area contributed by atoms with Gasteiger partial charge in [0.1, 0.15) is 6.04 Å². The fourth-order valence-electron chi connectivity index (χ4n) is 2.64. The molecule has 0 spiro atoms. The third kappa shape index (κ3) is 2.54. The zero-order valence-electron chi connectivity index (χ0n) is 11.0. The van der Waals surface area contributed by atoms with Crippen molar-refractivity contribution in [3.8, 4) is 0 Å². The Bertz CT molecular complexity index is 499. The molecule has 1 aliphatic rings. The molecule has 0 saturated heterocycles. The Balaban J connectivity index is 2.49. The van der Waals surface area contributed by atoms with Gasteiger partial charge >= 0.3 is 0 Å². The summed E-state index contributed by atoms with van der Waals surface area (Å²) in [6.07, 6.45) is 2.19. The van der Waals surface area contributed by atoms with Gasteiger partial charge in [-0.2, -0.15) is 0 Å². The topological polar surface area (TPSA) is 78.9 Å². The number of oxime groups is 1. The summed E-state index contributed by atoms with van der Waals surface area (Å²) in [4.78, 5) is 13.6. The molecular weight excluding hydrogens is 242 g/mol. The van der Waals surface area contributed by atoms with Gasteiger partial charge in [0.25, 0.3) is 0 Å². The van der Waals surface area contributed by atoms with Crippen molar-refractivity contribution in [3.05, 3.63) is 29.8 Å². The van der Waals surface area contributed by atoms with E-state index in [0.717, 1.165) is 24.2 Å². The quantitative estimate of drug-likeness (QED) is 0.642. The molecule has 0 saturated carbocycles. The van der Waals surface area contributed by atoms with Crippen molar-refractivity contribution in [2.24, 2.45) is 10.9 Å². The van der Waals surface area contributed by atoms with Crippen LogP contribution in [-0.2, 0) is 4.79 Å². The van der Waals surface area contributed by atoms with Crippen LogP contribution < -0.4 is 10.6 Å². The third-order valence-corrected chi connectivity index (χ3v) is 3.55. The molecule has 0 bridgehead atoms. The van der Waals surface area contributed by atoms with Crippen molar-refractivity contribution >= 4 is 17.3 Å². The smallest absolute Gasteiger partial charge is 0.240 e. The number of nitrogens with zero attached hydrogens (tertiary/aromatic N) is 2. The average molecular weight is 261 g/mol.